The summed E-state index contributed by atoms with van der Waals surface area (Å²) in [6.45, 7) is 0. The quantitative estimate of drug-likeness (QED) is 0.645. The van der Waals surface area contributed by atoms with E-state index in [9.17, 15) is 0 Å². The molecule has 0 radical (unpaired) electrons. The molecule has 1 spiro atoms. The highest BCUT2D eigenvalue weighted by Crippen LogP contribution is 2.44. The van der Waals surface area contributed by atoms with Gasteiger partial charge in [0, 0.05) is 4.90 Å². The van der Waals surface area contributed by atoms with Gasteiger partial charge >= 0.3 is 0 Å². The normalized spacial score (nSPS) is 18.7. The van der Waals surface area contributed by atoms with Gasteiger partial charge in [0.2, 0.25) is 11.9 Å². The van der Waals surface area contributed by atoms with E-state index in [0.717, 1.165) is 46.1 Å². The van der Waals surface area contributed by atoms with Gasteiger partial charge in [0.1, 0.15) is 5.66 Å². The number of nitrogens with two attached hydrogens (primary N) is 2. The van der Waals surface area contributed by atoms with E-state index in [2.05, 4.69) is 28.1 Å². The molecule has 1 saturated carbocycles. The van der Waals surface area contributed by atoms with Gasteiger partial charge in [0.25, 0.3) is 0 Å². The molecule has 2 heterocycles. The number of guanidine groups is 2. The van der Waals surface area contributed by atoms with Gasteiger partial charge in [-0.25, -0.2) is 9.98 Å². The van der Waals surface area contributed by atoms with Crippen LogP contribution in [-0.2, 0) is 0 Å². The second kappa shape index (κ2) is 7.35. The molecule has 2 aromatic carbocycles. The first-order chi connectivity index (χ1) is 14.1. The van der Waals surface area contributed by atoms with Gasteiger partial charge < -0.3 is 11.5 Å². The lowest BCUT2D eigenvalue weighted by Crippen LogP contribution is -2.58. The van der Waals surface area contributed by atoms with Crippen molar-refractivity contribution >= 4 is 50.9 Å². The summed E-state index contributed by atoms with van der Waals surface area (Å²) in [7, 11) is 0. The lowest BCUT2D eigenvalue weighted by atomic mass is 9.87. The van der Waals surface area contributed by atoms with Gasteiger partial charge in [-0.15, -0.1) is 11.3 Å². The van der Waals surface area contributed by atoms with Crippen LogP contribution in [0, 0.1) is 0 Å². The van der Waals surface area contributed by atoms with Gasteiger partial charge in [0.05, 0.1) is 15.9 Å². The number of anilines is 1. The van der Waals surface area contributed by atoms with Gasteiger partial charge in [0.15, 0.2) is 4.34 Å². The van der Waals surface area contributed by atoms with E-state index in [0.29, 0.717) is 5.96 Å². The zero-order chi connectivity index (χ0) is 19.8. The maximum absolute atomic E-state index is 6.42. The molecule has 0 atom stereocenters. The number of para-hydroxylation sites is 2. The van der Waals surface area contributed by atoms with Crippen molar-refractivity contribution in [2.45, 2.75) is 47.0 Å². The van der Waals surface area contributed by atoms with Crippen LogP contribution in [0.15, 0.2) is 67.8 Å². The fourth-order valence-corrected chi connectivity index (χ4v) is 6.33. The number of benzene rings is 2. The molecule has 1 aromatic heterocycles. The van der Waals surface area contributed by atoms with Crippen LogP contribution in [0.1, 0.15) is 32.1 Å². The smallest absolute Gasteiger partial charge is 0.220 e. The van der Waals surface area contributed by atoms with Crippen molar-refractivity contribution in [2.24, 2.45) is 21.5 Å². The molecule has 8 heteroatoms. The van der Waals surface area contributed by atoms with Crippen molar-refractivity contribution in [3.63, 3.8) is 0 Å². The Morgan fingerprint density at radius 2 is 1.72 bits per heavy atom. The molecular weight excluding hydrogens is 400 g/mol. The predicted molar refractivity (Wildman–Crippen MR) is 122 cm³/mol. The van der Waals surface area contributed by atoms with Crippen molar-refractivity contribution < 1.29 is 0 Å². The van der Waals surface area contributed by atoms with Crippen LogP contribution in [0.5, 0.6) is 0 Å². The Kier molecular flexibility index (Phi) is 4.67. The third-order valence-electron chi connectivity index (χ3n) is 5.43. The molecule has 4 N–H and O–H groups in total. The summed E-state index contributed by atoms with van der Waals surface area (Å²) in [6, 6.07) is 16.5. The number of aromatic nitrogens is 1. The first kappa shape index (κ1) is 18.4. The number of hydrogen-bond acceptors (Lipinski definition) is 8. The number of rotatable bonds is 3. The minimum absolute atomic E-state index is 0.275. The monoisotopic (exact) mass is 422 g/mol. The largest absolute Gasteiger partial charge is 0.369 e. The van der Waals surface area contributed by atoms with Crippen LogP contribution in [-0.4, -0.2) is 22.6 Å². The van der Waals surface area contributed by atoms with Crippen LogP contribution in [0.2, 0.25) is 0 Å². The molecule has 1 aliphatic heterocycles. The van der Waals surface area contributed by atoms with Crippen LogP contribution in [0.3, 0.4) is 0 Å². The maximum Gasteiger partial charge on any atom is 0.220 e. The Hall–Kier alpha value is -2.58. The number of aliphatic imine (C=N–C) groups is 2. The number of hydrogen-bond donors (Lipinski definition) is 2. The Balaban J connectivity index is 1.56. The topological polar surface area (TPSA) is 92.9 Å². The van der Waals surface area contributed by atoms with E-state index in [1.165, 1.54) is 11.1 Å². The lowest BCUT2D eigenvalue weighted by molar-refractivity contribution is 0.305. The van der Waals surface area contributed by atoms with E-state index < -0.39 is 5.66 Å². The van der Waals surface area contributed by atoms with Crippen molar-refractivity contribution in [1.82, 2.24) is 4.98 Å². The molecule has 5 rings (SSSR count). The van der Waals surface area contributed by atoms with E-state index in [1.54, 1.807) is 23.1 Å². The summed E-state index contributed by atoms with van der Waals surface area (Å²) in [5.74, 6) is 0.689. The molecule has 0 amide bonds. The molecule has 1 aliphatic carbocycles. The number of nitrogens with zero attached hydrogens (tertiary/aromatic N) is 4. The van der Waals surface area contributed by atoms with Crippen LogP contribution < -0.4 is 16.4 Å². The molecule has 0 saturated heterocycles. The third kappa shape index (κ3) is 3.36. The molecular formula is C21H22N6S2. The summed E-state index contributed by atoms with van der Waals surface area (Å²) in [5, 5.41) is 0. The fraction of sp³-hybridized carbons (Fsp3) is 0.286. The summed E-state index contributed by atoms with van der Waals surface area (Å²) in [5.41, 5.74) is 14.0. The van der Waals surface area contributed by atoms with Gasteiger partial charge in [-0.2, -0.15) is 4.99 Å². The predicted octanol–water partition coefficient (Wildman–Crippen LogP) is 4.56. The Bertz CT molecular complexity index is 1080. The molecule has 29 heavy (non-hydrogen) atoms. The average molecular weight is 423 g/mol. The van der Waals surface area contributed by atoms with Crippen molar-refractivity contribution in [3.8, 4) is 0 Å². The Morgan fingerprint density at radius 1 is 0.966 bits per heavy atom. The van der Waals surface area contributed by atoms with Gasteiger partial charge in [-0.1, -0.05) is 42.4 Å². The molecule has 0 unspecified atom stereocenters. The third-order valence-corrected chi connectivity index (χ3v) is 7.59. The Labute approximate surface area is 177 Å². The minimum Gasteiger partial charge on any atom is -0.369 e. The van der Waals surface area contributed by atoms with Gasteiger partial charge in [-0.3, -0.25) is 4.90 Å². The second-order valence-corrected chi connectivity index (χ2v) is 9.66. The van der Waals surface area contributed by atoms with Crippen LogP contribution in [0.4, 0.5) is 5.69 Å². The molecule has 6 nitrogen and oxygen atoms in total. The van der Waals surface area contributed by atoms with Crippen molar-refractivity contribution in [1.29, 1.82) is 0 Å². The molecule has 3 aromatic rings. The standard InChI is InChI=1S/C21H22N6S2/c22-18-25-19(23)27(21(26-18)12-6-1-7-13-21)15-9-3-5-11-17(15)29-20-24-14-8-2-4-10-16(14)28-20/h2-5,8-11H,1,6-7,12-13H2,(H4,22,23,25,26). The molecule has 148 valence electrons. The number of fused-ring (bicyclic) bond motifs is 1. The zero-order valence-corrected chi connectivity index (χ0v) is 17.5. The molecule has 1 fully saturated rings. The number of thiazole rings is 1. The fourth-order valence-electron chi connectivity index (χ4n) is 4.19. The van der Waals surface area contributed by atoms with E-state index >= 15 is 0 Å². The second-order valence-electron chi connectivity index (χ2n) is 7.34. The molecule has 2 aliphatic rings. The average Bonchev–Trinajstić information content (AvgIpc) is 3.11. The highest BCUT2D eigenvalue weighted by molar-refractivity contribution is 8.01. The minimum atomic E-state index is -0.446. The first-order valence-electron chi connectivity index (χ1n) is 9.77. The van der Waals surface area contributed by atoms with E-state index in [1.807, 2.05) is 30.3 Å². The Morgan fingerprint density at radius 3 is 2.55 bits per heavy atom. The summed E-state index contributed by atoms with van der Waals surface area (Å²) in [6.07, 6.45) is 5.26. The highest BCUT2D eigenvalue weighted by Gasteiger charge is 2.43. The van der Waals surface area contributed by atoms with Crippen LogP contribution >= 0.6 is 23.1 Å². The summed E-state index contributed by atoms with van der Waals surface area (Å²) in [4.78, 5) is 17.1. The summed E-state index contributed by atoms with van der Waals surface area (Å²) < 4.78 is 2.19. The van der Waals surface area contributed by atoms with Crippen molar-refractivity contribution in [2.75, 3.05) is 4.90 Å². The van der Waals surface area contributed by atoms with Crippen molar-refractivity contribution in [3.05, 3.63) is 48.5 Å². The summed E-state index contributed by atoms with van der Waals surface area (Å²) >= 11 is 3.36. The maximum atomic E-state index is 6.42. The zero-order valence-electron chi connectivity index (χ0n) is 15.9. The lowest BCUT2D eigenvalue weighted by Gasteiger charge is -2.46. The van der Waals surface area contributed by atoms with E-state index in [-0.39, 0.29) is 5.96 Å². The van der Waals surface area contributed by atoms with Crippen LogP contribution in [0.25, 0.3) is 10.2 Å². The van der Waals surface area contributed by atoms with E-state index in [4.69, 9.17) is 21.4 Å². The van der Waals surface area contributed by atoms with Gasteiger partial charge in [-0.05, 0) is 49.9 Å². The SMILES string of the molecule is NC1=NC2(CCCCC2)N(c2ccccc2Sc2nc3ccccc3s2)C(N)=N1. The highest BCUT2D eigenvalue weighted by atomic mass is 32.2. The first-order valence-corrected chi connectivity index (χ1v) is 11.4. The molecule has 0 bridgehead atoms.